The summed E-state index contributed by atoms with van der Waals surface area (Å²) in [6.45, 7) is 4.96. The van der Waals surface area contributed by atoms with Gasteiger partial charge in [0.05, 0.1) is 0 Å². The van der Waals surface area contributed by atoms with E-state index >= 15 is 0 Å². The Labute approximate surface area is 194 Å². The Hall–Kier alpha value is -1.93. The molecule has 0 saturated carbocycles. The summed E-state index contributed by atoms with van der Waals surface area (Å²) in [4.78, 5) is 44.5. The fourth-order valence-corrected chi connectivity index (χ4v) is 5.22. The summed E-state index contributed by atoms with van der Waals surface area (Å²) in [6.07, 6.45) is 1.54. The SMILES string of the molecule is CC(=O)N1CCC(CN(C(=O)[C@@H]2CCN(CC(=O)N(C)C)C2)c2ccc([As](O)O)cc2)C1. The van der Waals surface area contributed by atoms with Crippen molar-refractivity contribution in [1.29, 1.82) is 0 Å². The molecule has 2 saturated heterocycles. The number of benzene rings is 1. The van der Waals surface area contributed by atoms with E-state index in [9.17, 15) is 22.6 Å². The molecule has 0 spiro atoms. The second-order valence-corrected chi connectivity index (χ2v) is 11.2. The number of carbonyl (C=O) groups excluding carboxylic acids is 3. The van der Waals surface area contributed by atoms with E-state index in [0.717, 1.165) is 12.1 Å². The van der Waals surface area contributed by atoms with Crippen molar-refractivity contribution in [2.24, 2.45) is 11.8 Å². The van der Waals surface area contributed by atoms with Gasteiger partial charge in [-0.05, 0) is 0 Å². The number of hydrogen-bond acceptors (Lipinski definition) is 6. The summed E-state index contributed by atoms with van der Waals surface area (Å²) in [6, 6.07) is 6.87. The van der Waals surface area contributed by atoms with E-state index < -0.39 is 15.3 Å². The van der Waals surface area contributed by atoms with Crippen LogP contribution in [0.1, 0.15) is 19.8 Å². The van der Waals surface area contributed by atoms with Crippen molar-refractivity contribution in [3.8, 4) is 0 Å². The van der Waals surface area contributed by atoms with Crippen LogP contribution in [0.5, 0.6) is 0 Å². The molecule has 2 atom stereocenters. The molecule has 2 aliphatic heterocycles. The Bertz CT molecular complexity index is 832. The summed E-state index contributed by atoms with van der Waals surface area (Å²) < 4.78 is 19.6. The molecule has 0 aromatic heterocycles. The normalized spacial score (nSPS) is 21.2. The topological polar surface area (TPSA) is 105 Å². The van der Waals surface area contributed by atoms with Crippen LogP contribution in [0, 0.1) is 11.8 Å². The number of amides is 3. The molecule has 2 N–H and O–H groups in total. The first-order valence-electron chi connectivity index (χ1n) is 10.9. The molecular formula is C22H33AsN4O5. The van der Waals surface area contributed by atoms with Crippen molar-refractivity contribution >= 4 is 43.1 Å². The molecule has 0 bridgehead atoms. The number of carbonyl (C=O) groups is 3. The van der Waals surface area contributed by atoms with Gasteiger partial charge in [0.15, 0.2) is 0 Å². The Morgan fingerprint density at radius 3 is 2.31 bits per heavy atom. The third kappa shape index (κ3) is 6.10. The van der Waals surface area contributed by atoms with Crippen molar-refractivity contribution in [3.05, 3.63) is 24.3 Å². The van der Waals surface area contributed by atoms with Crippen LogP contribution in [-0.2, 0) is 14.4 Å². The fourth-order valence-electron chi connectivity index (χ4n) is 4.35. The standard InChI is InChI=1S/C22H33AsN4O5/c1-16(28)26-11-8-17(12-26)13-27(20-6-4-19(5-7-20)23(31)32)22(30)18-9-10-25(14-18)15-21(29)24(2)3/h4-7,17-18,31-32H,8-15H2,1-3H3/t17?,18-/m1/s1. The predicted octanol–water partition coefficient (Wildman–Crippen LogP) is -1.02. The molecule has 1 aromatic rings. The van der Waals surface area contributed by atoms with Crippen LogP contribution >= 0.6 is 0 Å². The molecule has 0 radical (unpaired) electrons. The number of hydrogen-bond donors (Lipinski definition) is 2. The molecule has 2 fully saturated rings. The van der Waals surface area contributed by atoms with E-state index in [2.05, 4.69) is 0 Å². The first-order chi connectivity index (χ1) is 15.2. The molecule has 32 heavy (non-hydrogen) atoms. The molecule has 1 unspecified atom stereocenters. The molecule has 3 amide bonds. The maximum atomic E-state index is 13.6. The zero-order valence-corrected chi connectivity index (χ0v) is 20.9. The van der Waals surface area contributed by atoms with Crippen LogP contribution in [0.15, 0.2) is 24.3 Å². The zero-order valence-electron chi connectivity index (χ0n) is 19.0. The molecule has 1 aromatic carbocycles. The molecule has 2 aliphatic rings. The van der Waals surface area contributed by atoms with Gasteiger partial charge in [0.1, 0.15) is 0 Å². The van der Waals surface area contributed by atoms with E-state index in [0.29, 0.717) is 50.0 Å². The first kappa shape index (κ1) is 24.7. The number of nitrogens with zero attached hydrogens (tertiary/aromatic N) is 4. The second-order valence-electron chi connectivity index (χ2n) is 8.88. The van der Waals surface area contributed by atoms with Gasteiger partial charge < -0.3 is 0 Å². The third-order valence-corrected chi connectivity index (χ3v) is 7.90. The first-order valence-corrected chi connectivity index (χ1v) is 13.5. The van der Waals surface area contributed by atoms with E-state index in [1.165, 1.54) is 0 Å². The Balaban J connectivity index is 1.74. The van der Waals surface area contributed by atoms with Crippen molar-refractivity contribution in [1.82, 2.24) is 14.7 Å². The van der Waals surface area contributed by atoms with Crippen molar-refractivity contribution < 1.29 is 22.6 Å². The number of rotatable bonds is 7. The van der Waals surface area contributed by atoms with Gasteiger partial charge in [-0.3, -0.25) is 0 Å². The van der Waals surface area contributed by atoms with Crippen molar-refractivity contribution in [3.63, 3.8) is 0 Å². The number of anilines is 1. The van der Waals surface area contributed by atoms with Crippen molar-refractivity contribution in [2.45, 2.75) is 19.8 Å². The van der Waals surface area contributed by atoms with Gasteiger partial charge >= 0.3 is 180 Å². The molecule has 3 rings (SSSR count). The van der Waals surface area contributed by atoms with Gasteiger partial charge in [-0.1, -0.05) is 0 Å². The Morgan fingerprint density at radius 1 is 1.06 bits per heavy atom. The van der Waals surface area contributed by atoms with Gasteiger partial charge in [0.2, 0.25) is 0 Å². The monoisotopic (exact) mass is 508 g/mol. The van der Waals surface area contributed by atoms with Crippen LogP contribution in [-0.4, -0.2) is 109 Å². The molecular weight excluding hydrogens is 475 g/mol. The maximum absolute atomic E-state index is 13.6. The van der Waals surface area contributed by atoms with Gasteiger partial charge in [-0.25, -0.2) is 0 Å². The van der Waals surface area contributed by atoms with Crippen LogP contribution in [0.2, 0.25) is 0 Å². The summed E-state index contributed by atoms with van der Waals surface area (Å²) in [5.41, 5.74) is 0.721. The minimum atomic E-state index is -2.97. The van der Waals surface area contributed by atoms with Gasteiger partial charge in [0, 0.05) is 14.1 Å². The van der Waals surface area contributed by atoms with Gasteiger partial charge in [-0.2, -0.15) is 0 Å². The number of likely N-dealkylation sites (N-methyl/N-ethyl adjacent to an activating group) is 1. The van der Waals surface area contributed by atoms with E-state index in [4.69, 9.17) is 0 Å². The fraction of sp³-hybridized carbons (Fsp3) is 0.591. The molecule has 2 heterocycles. The quantitative estimate of drug-likeness (QED) is 0.457. The second kappa shape index (κ2) is 10.8. The predicted molar refractivity (Wildman–Crippen MR) is 122 cm³/mol. The Kier molecular flexibility index (Phi) is 8.33. The van der Waals surface area contributed by atoms with Crippen molar-refractivity contribution in [2.75, 3.05) is 58.3 Å². The third-order valence-electron chi connectivity index (χ3n) is 6.31. The minimum absolute atomic E-state index is 0.0150. The summed E-state index contributed by atoms with van der Waals surface area (Å²) >= 11 is -2.97. The van der Waals surface area contributed by atoms with Crippen LogP contribution in [0.3, 0.4) is 0 Å². The van der Waals surface area contributed by atoms with Gasteiger partial charge in [-0.15, -0.1) is 0 Å². The molecule has 9 nitrogen and oxygen atoms in total. The van der Waals surface area contributed by atoms with E-state index in [1.54, 1.807) is 55.1 Å². The zero-order chi connectivity index (χ0) is 23.4. The molecule has 10 heteroatoms. The summed E-state index contributed by atoms with van der Waals surface area (Å²) in [5, 5.41) is 0. The van der Waals surface area contributed by atoms with Crippen LogP contribution in [0.25, 0.3) is 0 Å². The number of likely N-dealkylation sites (tertiary alicyclic amines) is 2. The van der Waals surface area contributed by atoms with Gasteiger partial charge in [0.25, 0.3) is 0 Å². The van der Waals surface area contributed by atoms with Crippen LogP contribution in [0.4, 0.5) is 5.69 Å². The molecule has 0 aliphatic carbocycles. The van der Waals surface area contributed by atoms with E-state index in [-0.39, 0.29) is 29.6 Å². The van der Waals surface area contributed by atoms with E-state index in [1.807, 2.05) is 9.80 Å². The summed E-state index contributed by atoms with van der Waals surface area (Å²) in [7, 11) is 3.45. The van der Waals surface area contributed by atoms with Crippen LogP contribution < -0.4 is 9.25 Å². The average Bonchev–Trinajstić information content (AvgIpc) is 3.41. The molecule has 176 valence electrons. The summed E-state index contributed by atoms with van der Waals surface area (Å²) in [5.74, 6) is 0.0738. The Morgan fingerprint density at radius 2 is 1.75 bits per heavy atom. The average molecular weight is 508 g/mol.